The van der Waals surface area contributed by atoms with Crippen molar-refractivity contribution < 1.29 is 9.90 Å². The Balaban J connectivity index is 2.38. The molecule has 1 rings (SSSR count). The van der Waals surface area contributed by atoms with E-state index in [1.807, 2.05) is 13.8 Å². The molecule has 0 radical (unpaired) electrons. The van der Waals surface area contributed by atoms with Crippen LogP contribution in [0, 0.1) is 11.8 Å². The third-order valence-electron chi connectivity index (χ3n) is 4.09. The Morgan fingerprint density at radius 3 is 2.29 bits per heavy atom. The summed E-state index contributed by atoms with van der Waals surface area (Å²) in [5.41, 5.74) is -0.805. The van der Waals surface area contributed by atoms with Crippen LogP contribution in [0.4, 0.5) is 0 Å². The molecule has 1 saturated carbocycles. The van der Waals surface area contributed by atoms with Gasteiger partial charge in [-0.3, -0.25) is 4.79 Å². The molecule has 2 N–H and O–H groups in total. The topological polar surface area (TPSA) is 49.3 Å². The van der Waals surface area contributed by atoms with Crippen LogP contribution in [0.5, 0.6) is 0 Å². The zero-order valence-corrected chi connectivity index (χ0v) is 11.5. The second kappa shape index (κ2) is 6.39. The Bertz CT molecular complexity index is 241. The van der Waals surface area contributed by atoms with E-state index in [2.05, 4.69) is 5.32 Å². The highest BCUT2D eigenvalue weighted by atomic mass is 16.3. The second-order valence-electron chi connectivity index (χ2n) is 5.92. The molecule has 0 aromatic heterocycles. The Kier molecular flexibility index (Phi) is 5.44. The third kappa shape index (κ3) is 4.66. The molecule has 0 spiro atoms. The molecule has 1 aliphatic carbocycles. The fourth-order valence-electron chi connectivity index (χ4n) is 2.16. The minimum Gasteiger partial charge on any atom is -0.388 e. The van der Waals surface area contributed by atoms with Gasteiger partial charge in [0.15, 0.2) is 0 Å². The lowest BCUT2D eigenvalue weighted by Gasteiger charge is -2.28. The van der Waals surface area contributed by atoms with Crippen molar-refractivity contribution in [2.24, 2.45) is 11.8 Å². The van der Waals surface area contributed by atoms with Gasteiger partial charge in [0, 0.05) is 12.5 Å². The Morgan fingerprint density at radius 2 is 1.82 bits per heavy atom. The average Bonchev–Trinajstić information content (AvgIpc) is 2.54. The fourth-order valence-corrected chi connectivity index (χ4v) is 2.16. The largest absolute Gasteiger partial charge is 0.388 e. The number of aliphatic hydroxyl groups is 1. The second-order valence-corrected chi connectivity index (χ2v) is 5.92. The van der Waals surface area contributed by atoms with Gasteiger partial charge >= 0.3 is 0 Å². The molecular weight excluding hydrogens is 214 g/mol. The van der Waals surface area contributed by atoms with Crippen molar-refractivity contribution in [3.8, 4) is 0 Å². The summed E-state index contributed by atoms with van der Waals surface area (Å²) in [7, 11) is 0. The Morgan fingerprint density at radius 1 is 1.29 bits per heavy atom. The highest BCUT2D eigenvalue weighted by molar-refractivity contribution is 5.78. The number of hydrogen-bond acceptors (Lipinski definition) is 2. The predicted octanol–water partition coefficient (Wildman–Crippen LogP) is 2.48. The van der Waals surface area contributed by atoms with Gasteiger partial charge in [0.05, 0.1) is 5.60 Å². The van der Waals surface area contributed by atoms with Gasteiger partial charge in [0.1, 0.15) is 0 Å². The summed E-state index contributed by atoms with van der Waals surface area (Å²) in [4.78, 5) is 12.0. The molecule has 1 fully saturated rings. The van der Waals surface area contributed by atoms with E-state index in [4.69, 9.17) is 0 Å². The van der Waals surface area contributed by atoms with E-state index < -0.39 is 5.60 Å². The molecule has 3 heteroatoms. The van der Waals surface area contributed by atoms with Gasteiger partial charge in [-0.05, 0) is 25.7 Å². The maximum absolute atomic E-state index is 12.0. The number of carbonyl (C=O) groups is 1. The van der Waals surface area contributed by atoms with Crippen molar-refractivity contribution in [1.29, 1.82) is 0 Å². The average molecular weight is 241 g/mol. The van der Waals surface area contributed by atoms with E-state index in [0.717, 1.165) is 12.8 Å². The molecule has 0 aromatic rings. The maximum atomic E-state index is 12.0. The van der Waals surface area contributed by atoms with Crippen molar-refractivity contribution in [1.82, 2.24) is 5.32 Å². The lowest BCUT2D eigenvalue weighted by molar-refractivity contribution is -0.126. The normalized spacial score (nSPS) is 21.9. The Hall–Kier alpha value is -0.570. The van der Waals surface area contributed by atoms with Gasteiger partial charge in [-0.2, -0.15) is 0 Å². The molecule has 17 heavy (non-hydrogen) atoms. The standard InChI is InChI=1S/C14H27NO2/c1-11(2)14(3,17)10-15-13(16)12-8-6-4-5-7-9-12/h11-12,17H,4-10H2,1-3H3,(H,15,16). The van der Waals surface area contributed by atoms with Crippen LogP contribution in [-0.2, 0) is 4.79 Å². The first-order chi connectivity index (χ1) is 7.93. The highest BCUT2D eigenvalue weighted by Gasteiger charge is 2.27. The molecule has 1 atom stereocenters. The molecule has 0 aromatic carbocycles. The SMILES string of the molecule is CC(C)C(C)(O)CNC(=O)C1CCCCCC1. The molecule has 100 valence electrons. The Labute approximate surface area is 105 Å². The van der Waals surface area contributed by atoms with E-state index in [0.29, 0.717) is 6.54 Å². The van der Waals surface area contributed by atoms with Crippen molar-refractivity contribution in [2.45, 2.75) is 64.9 Å². The van der Waals surface area contributed by atoms with Gasteiger partial charge in [-0.25, -0.2) is 0 Å². The van der Waals surface area contributed by atoms with Crippen molar-refractivity contribution in [3.63, 3.8) is 0 Å². The van der Waals surface area contributed by atoms with E-state index in [9.17, 15) is 9.90 Å². The highest BCUT2D eigenvalue weighted by Crippen LogP contribution is 2.23. The lowest BCUT2D eigenvalue weighted by atomic mass is 9.92. The molecule has 0 heterocycles. The van der Waals surface area contributed by atoms with Gasteiger partial charge < -0.3 is 10.4 Å². The quantitative estimate of drug-likeness (QED) is 0.743. The van der Waals surface area contributed by atoms with E-state index in [1.54, 1.807) is 6.92 Å². The summed E-state index contributed by atoms with van der Waals surface area (Å²) in [6.07, 6.45) is 6.86. The molecule has 0 saturated heterocycles. The van der Waals surface area contributed by atoms with Crippen molar-refractivity contribution in [2.75, 3.05) is 6.54 Å². The van der Waals surface area contributed by atoms with Crippen LogP contribution in [0.3, 0.4) is 0 Å². The van der Waals surface area contributed by atoms with E-state index in [1.165, 1.54) is 25.7 Å². The molecule has 3 nitrogen and oxygen atoms in total. The van der Waals surface area contributed by atoms with Gasteiger partial charge in [0.2, 0.25) is 5.91 Å². The van der Waals surface area contributed by atoms with Gasteiger partial charge in [-0.1, -0.05) is 39.5 Å². The minimum atomic E-state index is -0.805. The summed E-state index contributed by atoms with van der Waals surface area (Å²) >= 11 is 0. The number of hydrogen-bond donors (Lipinski definition) is 2. The summed E-state index contributed by atoms with van der Waals surface area (Å²) in [6.45, 7) is 6.08. The zero-order chi connectivity index (χ0) is 12.9. The number of amides is 1. The molecule has 0 aliphatic heterocycles. The monoisotopic (exact) mass is 241 g/mol. The van der Waals surface area contributed by atoms with Gasteiger partial charge in [-0.15, -0.1) is 0 Å². The molecule has 1 amide bonds. The van der Waals surface area contributed by atoms with Crippen LogP contribution >= 0.6 is 0 Å². The number of nitrogens with one attached hydrogen (secondary N) is 1. The first kappa shape index (κ1) is 14.5. The first-order valence-corrected chi connectivity index (χ1v) is 6.93. The zero-order valence-electron chi connectivity index (χ0n) is 11.5. The number of rotatable bonds is 4. The van der Waals surface area contributed by atoms with Gasteiger partial charge in [0.25, 0.3) is 0 Å². The molecule has 1 aliphatic rings. The van der Waals surface area contributed by atoms with Crippen LogP contribution in [0.2, 0.25) is 0 Å². The first-order valence-electron chi connectivity index (χ1n) is 6.93. The van der Waals surface area contributed by atoms with Crippen LogP contribution < -0.4 is 5.32 Å². The summed E-state index contributed by atoms with van der Waals surface area (Å²) in [5, 5.41) is 13.0. The summed E-state index contributed by atoms with van der Waals surface area (Å²) < 4.78 is 0. The lowest BCUT2D eigenvalue weighted by Crippen LogP contribution is -2.45. The smallest absolute Gasteiger partial charge is 0.223 e. The summed E-state index contributed by atoms with van der Waals surface area (Å²) in [6, 6.07) is 0. The van der Waals surface area contributed by atoms with Crippen molar-refractivity contribution in [3.05, 3.63) is 0 Å². The van der Waals surface area contributed by atoms with Crippen molar-refractivity contribution >= 4 is 5.91 Å². The maximum Gasteiger partial charge on any atom is 0.223 e. The van der Waals surface area contributed by atoms with E-state index in [-0.39, 0.29) is 17.7 Å². The molecule has 0 bridgehead atoms. The molecular formula is C14H27NO2. The van der Waals surface area contributed by atoms with Crippen LogP contribution in [0.15, 0.2) is 0 Å². The number of carbonyl (C=O) groups excluding carboxylic acids is 1. The predicted molar refractivity (Wildman–Crippen MR) is 69.7 cm³/mol. The fraction of sp³-hybridized carbons (Fsp3) is 0.929. The third-order valence-corrected chi connectivity index (χ3v) is 4.09. The van der Waals surface area contributed by atoms with E-state index >= 15 is 0 Å². The molecule has 1 unspecified atom stereocenters. The van der Waals surface area contributed by atoms with Crippen LogP contribution in [0.1, 0.15) is 59.3 Å². The minimum absolute atomic E-state index is 0.132. The van der Waals surface area contributed by atoms with Crippen LogP contribution in [-0.4, -0.2) is 23.2 Å². The van der Waals surface area contributed by atoms with Crippen LogP contribution in [0.25, 0.3) is 0 Å². The summed E-state index contributed by atoms with van der Waals surface area (Å²) in [5.74, 6) is 0.449.